The van der Waals surface area contributed by atoms with Crippen LogP contribution >= 0.6 is 0 Å². The minimum absolute atomic E-state index is 0.108. The highest BCUT2D eigenvalue weighted by Crippen LogP contribution is 2.28. The first-order valence-electron chi connectivity index (χ1n) is 8.96. The molecule has 1 heterocycles. The van der Waals surface area contributed by atoms with Crippen molar-refractivity contribution in [2.45, 2.75) is 57.8 Å². The Morgan fingerprint density at radius 1 is 1.12 bits per heavy atom. The van der Waals surface area contributed by atoms with E-state index in [0.717, 1.165) is 17.5 Å². The zero-order chi connectivity index (χ0) is 18.8. The summed E-state index contributed by atoms with van der Waals surface area (Å²) in [6.07, 6.45) is 1.34. The molecule has 1 aromatic rings. The number of piperazine rings is 1. The van der Waals surface area contributed by atoms with Gasteiger partial charge in [-0.05, 0) is 36.0 Å². The number of sulfonamides is 1. The van der Waals surface area contributed by atoms with Gasteiger partial charge < -0.3 is 4.90 Å². The van der Waals surface area contributed by atoms with Crippen LogP contribution in [-0.4, -0.2) is 49.7 Å². The molecule has 1 aromatic carbocycles. The fourth-order valence-electron chi connectivity index (χ4n) is 3.03. The summed E-state index contributed by atoms with van der Waals surface area (Å²) in [6, 6.07) is 5.68. The molecule has 1 fully saturated rings. The first-order chi connectivity index (χ1) is 11.6. The van der Waals surface area contributed by atoms with Crippen LogP contribution in [-0.2, 0) is 20.2 Å². The zero-order valence-electron chi connectivity index (χ0n) is 16.0. The van der Waals surface area contributed by atoms with Gasteiger partial charge in [-0.2, -0.15) is 4.31 Å². The molecular formula is C19H30N2O3S. The molecule has 0 aliphatic carbocycles. The third-order valence-corrected chi connectivity index (χ3v) is 6.77. The molecule has 0 saturated carbocycles. The Balaban J connectivity index is 2.22. The minimum Gasteiger partial charge on any atom is -0.340 e. The molecule has 0 N–H and O–H groups in total. The molecule has 1 aliphatic rings. The quantitative estimate of drug-likeness (QED) is 0.823. The number of benzene rings is 1. The van der Waals surface area contributed by atoms with Crippen LogP contribution in [0, 0.1) is 6.92 Å². The summed E-state index contributed by atoms with van der Waals surface area (Å²) in [4.78, 5) is 14.1. The van der Waals surface area contributed by atoms with E-state index in [1.54, 1.807) is 11.0 Å². The van der Waals surface area contributed by atoms with Gasteiger partial charge in [-0.15, -0.1) is 0 Å². The Morgan fingerprint density at radius 2 is 1.72 bits per heavy atom. The van der Waals surface area contributed by atoms with Gasteiger partial charge in [0.05, 0.1) is 4.90 Å². The van der Waals surface area contributed by atoms with Gasteiger partial charge in [0.1, 0.15) is 0 Å². The van der Waals surface area contributed by atoms with Crippen molar-refractivity contribution in [1.29, 1.82) is 0 Å². The van der Waals surface area contributed by atoms with Crippen molar-refractivity contribution in [2.24, 2.45) is 0 Å². The van der Waals surface area contributed by atoms with Crippen LogP contribution in [0.25, 0.3) is 0 Å². The fourth-order valence-corrected chi connectivity index (χ4v) is 4.71. The Morgan fingerprint density at radius 3 is 2.24 bits per heavy atom. The second-order valence-electron chi connectivity index (χ2n) is 7.77. The Bertz CT molecular complexity index is 728. The standard InChI is InChI=1S/C19H30N2O3S/c1-6-7-18(22)20-10-12-21(13-11-20)25(23,24)17-14-16(19(3,4)5)9-8-15(17)2/h8-9,14H,6-7,10-13H2,1-5H3. The number of amides is 1. The number of rotatable bonds is 4. The Hall–Kier alpha value is -1.40. The number of aryl methyl sites for hydroxylation is 1. The SMILES string of the molecule is CCCC(=O)N1CCN(S(=O)(=O)c2cc(C(C)(C)C)ccc2C)CC1. The predicted octanol–water partition coefficient (Wildman–Crippen LogP) is 2.93. The van der Waals surface area contributed by atoms with Crippen molar-refractivity contribution >= 4 is 15.9 Å². The lowest BCUT2D eigenvalue weighted by Gasteiger charge is -2.34. The highest BCUT2D eigenvalue weighted by Gasteiger charge is 2.31. The van der Waals surface area contributed by atoms with E-state index in [4.69, 9.17) is 0 Å². The molecule has 1 aliphatic heterocycles. The van der Waals surface area contributed by atoms with Gasteiger partial charge in [0.15, 0.2) is 0 Å². The smallest absolute Gasteiger partial charge is 0.243 e. The van der Waals surface area contributed by atoms with Gasteiger partial charge in [-0.3, -0.25) is 4.79 Å². The van der Waals surface area contributed by atoms with Crippen molar-refractivity contribution < 1.29 is 13.2 Å². The summed E-state index contributed by atoms with van der Waals surface area (Å²) in [5.74, 6) is 0.116. The summed E-state index contributed by atoms with van der Waals surface area (Å²) in [5.41, 5.74) is 1.66. The minimum atomic E-state index is -3.54. The monoisotopic (exact) mass is 366 g/mol. The molecule has 6 heteroatoms. The maximum absolute atomic E-state index is 13.1. The number of hydrogen-bond donors (Lipinski definition) is 0. The second-order valence-corrected chi connectivity index (χ2v) is 9.67. The van der Waals surface area contributed by atoms with Crippen LogP contribution in [0.3, 0.4) is 0 Å². The van der Waals surface area contributed by atoms with Crippen molar-refractivity contribution in [3.05, 3.63) is 29.3 Å². The zero-order valence-corrected chi connectivity index (χ0v) is 16.8. The summed E-state index contributed by atoms with van der Waals surface area (Å²) in [7, 11) is -3.54. The molecule has 1 saturated heterocycles. The number of nitrogens with zero attached hydrogens (tertiary/aromatic N) is 2. The molecule has 0 bridgehead atoms. The number of hydrogen-bond acceptors (Lipinski definition) is 3. The van der Waals surface area contributed by atoms with Gasteiger partial charge in [-0.1, -0.05) is 39.8 Å². The van der Waals surface area contributed by atoms with Crippen LogP contribution in [0.15, 0.2) is 23.1 Å². The van der Waals surface area contributed by atoms with E-state index in [1.165, 1.54) is 4.31 Å². The lowest BCUT2D eigenvalue weighted by atomic mass is 9.87. The molecule has 5 nitrogen and oxygen atoms in total. The van der Waals surface area contributed by atoms with E-state index < -0.39 is 10.0 Å². The van der Waals surface area contributed by atoms with Gasteiger partial charge in [0.25, 0.3) is 0 Å². The highest BCUT2D eigenvalue weighted by atomic mass is 32.2. The molecule has 0 radical (unpaired) electrons. The third-order valence-electron chi connectivity index (χ3n) is 4.73. The summed E-state index contributed by atoms with van der Waals surface area (Å²) in [6.45, 7) is 11.7. The average Bonchev–Trinajstić information content (AvgIpc) is 2.54. The van der Waals surface area contributed by atoms with Crippen LogP contribution in [0.2, 0.25) is 0 Å². The van der Waals surface area contributed by atoms with E-state index in [9.17, 15) is 13.2 Å². The molecule has 0 unspecified atom stereocenters. The molecule has 0 aromatic heterocycles. The maximum Gasteiger partial charge on any atom is 0.243 e. The number of carbonyl (C=O) groups is 1. The second kappa shape index (κ2) is 7.46. The largest absolute Gasteiger partial charge is 0.340 e. The molecule has 2 rings (SSSR count). The Labute approximate surface area is 152 Å². The van der Waals surface area contributed by atoms with E-state index in [0.29, 0.717) is 37.5 Å². The summed E-state index contributed by atoms with van der Waals surface area (Å²) in [5, 5.41) is 0. The van der Waals surface area contributed by atoms with Crippen LogP contribution in [0.4, 0.5) is 0 Å². The van der Waals surface area contributed by atoms with Crippen LogP contribution in [0.1, 0.15) is 51.7 Å². The van der Waals surface area contributed by atoms with Crippen LogP contribution in [0.5, 0.6) is 0 Å². The topological polar surface area (TPSA) is 57.7 Å². The van der Waals surface area contributed by atoms with Gasteiger partial charge >= 0.3 is 0 Å². The molecule has 140 valence electrons. The summed E-state index contributed by atoms with van der Waals surface area (Å²) >= 11 is 0. The fraction of sp³-hybridized carbons (Fsp3) is 0.632. The van der Waals surface area contributed by atoms with Crippen molar-refractivity contribution in [2.75, 3.05) is 26.2 Å². The molecule has 1 amide bonds. The predicted molar refractivity (Wildman–Crippen MR) is 100 cm³/mol. The molecule has 25 heavy (non-hydrogen) atoms. The normalized spacial score (nSPS) is 16.9. The first-order valence-corrected chi connectivity index (χ1v) is 10.4. The Kier molecular flexibility index (Phi) is 5.94. The van der Waals surface area contributed by atoms with E-state index >= 15 is 0 Å². The maximum atomic E-state index is 13.1. The lowest BCUT2D eigenvalue weighted by Crippen LogP contribution is -2.50. The number of carbonyl (C=O) groups excluding carboxylic acids is 1. The van der Waals surface area contributed by atoms with Crippen molar-refractivity contribution in [3.63, 3.8) is 0 Å². The van der Waals surface area contributed by atoms with Gasteiger partial charge in [0.2, 0.25) is 15.9 Å². The third kappa shape index (κ3) is 4.42. The van der Waals surface area contributed by atoms with E-state index in [1.807, 2.05) is 26.0 Å². The van der Waals surface area contributed by atoms with Gasteiger partial charge in [0, 0.05) is 32.6 Å². The van der Waals surface area contributed by atoms with E-state index in [2.05, 4.69) is 20.8 Å². The van der Waals surface area contributed by atoms with Crippen molar-refractivity contribution in [1.82, 2.24) is 9.21 Å². The highest BCUT2D eigenvalue weighted by molar-refractivity contribution is 7.89. The first kappa shape index (κ1) is 19.9. The lowest BCUT2D eigenvalue weighted by molar-refractivity contribution is -0.132. The van der Waals surface area contributed by atoms with Crippen LogP contribution < -0.4 is 0 Å². The molecule has 0 spiro atoms. The summed E-state index contributed by atoms with van der Waals surface area (Å²) < 4.78 is 27.7. The molecular weight excluding hydrogens is 336 g/mol. The average molecular weight is 367 g/mol. The molecule has 0 atom stereocenters. The van der Waals surface area contributed by atoms with E-state index in [-0.39, 0.29) is 11.3 Å². The van der Waals surface area contributed by atoms with Gasteiger partial charge in [-0.25, -0.2) is 8.42 Å². The van der Waals surface area contributed by atoms with Crippen molar-refractivity contribution in [3.8, 4) is 0 Å².